The van der Waals surface area contributed by atoms with Gasteiger partial charge in [0.1, 0.15) is 5.56 Å². The molecule has 0 aliphatic rings. The molecule has 0 saturated heterocycles. The minimum atomic E-state index is -1.36. The van der Waals surface area contributed by atoms with Gasteiger partial charge in [-0.15, -0.1) is 0 Å². The Morgan fingerprint density at radius 3 is 2.29 bits per heavy atom. The van der Waals surface area contributed by atoms with Crippen molar-refractivity contribution in [2.24, 2.45) is 5.92 Å². The van der Waals surface area contributed by atoms with E-state index < -0.39 is 33.7 Å². The molecule has 1 rings (SSSR count). The van der Waals surface area contributed by atoms with Crippen LogP contribution >= 0.6 is 0 Å². The highest BCUT2D eigenvalue weighted by molar-refractivity contribution is 5.98. The van der Waals surface area contributed by atoms with Gasteiger partial charge >= 0.3 is 0 Å². The van der Waals surface area contributed by atoms with Crippen LogP contribution in [0.5, 0.6) is 0 Å². The van der Waals surface area contributed by atoms with Crippen LogP contribution < -0.4 is 5.32 Å². The minimum absolute atomic E-state index is 0.207. The number of nitro groups is 1. The lowest BCUT2D eigenvalue weighted by molar-refractivity contribution is -0.385. The lowest BCUT2D eigenvalue weighted by Gasteiger charge is -2.22. The largest absolute Gasteiger partial charge is 0.349 e. The van der Waals surface area contributed by atoms with Gasteiger partial charge in [-0.3, -0.25) is 14.9 Å². The fraction of sp³-hybridized carbons (Fsp3) is 0.500. The molecule has 7 heteroatoms. The van der Waals surface area contributed by atoms with Gasteiger partial charge in [-0.2, -0.15) is 0 Å². The average molecular weight is 300 g/mol. The first-order chi connectivity index (χ1) is 9.81. The number of carbonyl (C=O) groups is 1. The smallest absolute Gasteiger partial charge is 0.285 e. The molecular weight excluding hydrogens is 282 g/mol. The molecule has 0 aliphatic carbocycles. The lowest BCUT2D eigenvalue weighted by atomic mass is 9.95. The molecule has 0 radical (unpaired) electrons. The molecule has 1 atom stereocenters. The molecule has 0 aliphatic heterocycles. The normalized spacial score (nSPS) is 12.3. The third-order valence-electron chi connectivity index (χ3n) is 3.59. The Kier molecular flexibility index (Phi) is 5.75. The summed E-state index contributed by atoms with van der Waals surface area (Å²) in [5, 5.41) is 13.5. The van der Waals surface area contributed by atoms with E-state index in [1.54, 1.807) is 6.92 Å². The Labute approximate surface area is 121 Å². The quantitative estimate of drug-likeness (QED) is 0.646. The van der Waals surface area contributed by atoms with Gasteiger partial charge in [0, 0.05) is 6.04 Å². The van der Waals surface area contributed by atoms with E-state index in [0.29, 0.717) is 12.1 Å². The van der Waals surface area contributed by atoms with Crippen LogP contribution in [-0.4, -0.2) is 16.9 Å². The van der Waals surface area contributed by atoms with E-state index in [1.165, 1.54) is 0 Å². The first-order valence-electron chi connectivity index (χ1n) is 6.76. The summed E-state index contributed by atoms with van der Waals surface area (Å²) in [6, 6.07) is 0.759. The van der Waals surface area contributed by atoms with Crippen molar-refractivity contribution in [2.45, 2.75) is 39.7 Å². The van der Waals surface area contributed by atoms with Crippen molar-refractivity contribution in [2.75, 3.05) is 0 Å². The van der Waals surface area contributed by atoms with Crippen molar-refractivity contribution < 1.29 is 18.5 Å². The molecule has 0 aromatic heterocycles. The lowest BCUT2D eigenvalue weighted by Crippen LogP contribution is -2.38. The van der Waals surface area contributed by atoms with E-state index in [2.05, 4.69) is 5.32 Å². The zero-order chi connectivity index (χ0) is 16.2. The van der Waals surface area contributed by atoms with Crippen molar-refractivity contribution in [1.29, 1.82) is 0 Å². The number of nitrogens with zero attached hydrogens (tertiary/aromatic N) is 1. The van der Waals surface area contributed by atoms with E-state index in [1.807, 2.05) is 13.8 Å². The number of carbonyl (C=O) groups excluding carboxylic acids is 1. The van der Waals surface area contributed by atoms with E-state index in [9.17, 15) is 23.7 Å². The Balaban J connectivity index is 3.07. The Morgan fingerprint density at radius 1 is 1.29 bits per heavy atom. The monoisotopic (exact) mass is 300 g/mol. The highest BCUT2D eigenvalue weighted by Crippen LogP contribution is 2.23. The zero-order valence-electron chi connectivity index (χ0n) is 12.2. The van der Waals surface area contributed by atoms with Crippen LogP contribution in [0.4, 0.5) is 14.5 Å². The predicted molar refractivity (Wildman–Crippen MR) is 74.0 cm³/mol. The molecule has 116 valence electrons. The van der Waals surface area contributed by atoms with Crippen molar-refractivity contribution in [1.82, 2.24) is 5.32 Å². The molecule has 1 aromatic carbocycles. The van der Waals surface area contributed by atoms with Crippen LogP contribution in [-0.2, 0) is 0 Å². The number of hydrogen-bond acceptors (Lipinski definition) is 3. The maximum Gasteiger partial charge on any atom is 0.285 e. The molecule has 0 spiro atoms. The highest BCUT2D eigenvalue weighted by atomic mass is 19.2. The molecule has 1 unspecified atom stereocenters. The Morgan fingerprint density at radius 2 is 1.81 bits per heavy atom. The van der Waals surface area contributed by atoms with Gasteiger partial charge in [-0.05, 0) is 18.9 Å². The van der Waals surface area contributed by atoms with E-state index in [0.717, 1.165) is 12.8 Å². The Hall–Kier alpha value is -2.05. The zero-order valence-corrected chi connectivity index (χ0v) is 12.2. The fourth-order valence-corrected chi connectivity index (χ4v) is 2.27. The van der Waals surface area contributed by atoms with Crippen molar-refractivity contribution in [3.8, 4) is 0 Å². The van der Waals surface area contributed by atoms with Crippen molar-refractivity contribution in [3.05, 3.63) is 39.4 Å². The van der Waals surface area contributed by atoms with Gasteiger partial charge in [0.05, 0.1) is 11.0 Å². The molecular formula is C14H18F2N2O3. The molecule has 1 N–H and O–H groups in total. The standard InChI is InChI=1S/C14H18F2N2O3/c1-4-9(5-2)8(3)17-14(19)10-6-11(15)12(16)7-13(10)18(20)21/h6-9H,4-5H2,1-3H3,(H,17,19). The van der Waals surface area contributed by atoms with E-state index >= 15 is 0 Å². The van der Waals surface area contributed by atoms with Crippen LogP contribution in [0.3, 0.4) is 0 Å². The summed E-state index contributed by atoms with van der Waals surface area (Å²) in [6.07, 6.45) is 1.66. The number of nitrogens with one attached hydrogen (secondary N) is 1. The van der Waals surface area contributed by atoms with Gasteiger partial charge in [-0.1, -0.05) is 26.7 Å². The molecule has 5 nitrogen and oxygen atoms in total. The van der Waals surface area contributed by atoms with Gasteiger partial charge in [-0.25, -0.2) is 8.78 Å². The van der Waals surface area contributed by atoms with E-state index in [4.69, 9.17) is 0 Å². The molecule has 0 saturated carbocycles. The summed E-state index contributed by atoms with van der Waals surface area (Å²) in [5.41, 5.74) is -1.22. The number of hydrogen-bond donors (Lipinski definition) is 1. The summed E-state index contributed by atoms with van der Waals surface area (Å²) >= 11 is 0. The molecule has 0 fully saturated rings. The first-order valence-corrected chi connectivity index (χ1v) is 6.76. The average Bonchev–Trinajstić information content (AvgIpc) is 2.42. The molecule has 1 aromatic rings. The minimum Gasteiger partial charge on any atom is -0.349 e. The van der Waals surface area contributed by atoms with Gasteiger partial charge in [0.15, 0.2) is 11.6 Å². The SMILES string of the molecule is CCC(CC)C(C)NC(=O)c1cc(F)c(F)cc1[N+](=O)[O-]. The fourth-order valence-electron chi connectivity index (χ4n) is 2.27. The third-order valence-corrected chi connectivity index (χ3v) is 3.59. The number of amides is 1. The molecule has 0 bridgehead atoms. The second-order valence-corrected chi connectivity index (χ2v) is 4.88. The van der Waals surface area contributed by atoms with E-state index in [-0.39, 0.29) is 12.0 Å². The second kappa shape index (κ2) is 7.10. The first kappa shape index (κ1) is 17.0. The van der Waals surface area contributed by atoms with Gasteiger partial charge < -0.3 is 5.32 Å². The van der Waals surface area contributed by atoms with Crippen LogP contribution in [0.15, 0.2) is 12.1 Å². The molecule has 1 amide bonds. The topological polar surface area (TPSA) is 72.2 Å². The van der Waals surface area contributed by atoms with Crippen LogP contribution in [0.2, 0.25) is 0 Å². The summed E-state index contributed by atoms with van der Waals surface area (Å²) in [5.74, 6) is -3.22. The third kappa shape index (κ3) is 3.96. The summed E-state index contributed by atoms with van der Waals surface area (Å²) in [7, 11) is 0. The summed E-state index contributed by atoms with van der Waals surface area (Å²) in [4.78, 5) is 22.0. The van der Waals surface area contributed by atoms with Crippen molar-refractivity contribution in [3.63, 3.8) is 0 Å². The summed E-state index contributed by atoms with van der Waals surface area (Å²) in [6.45, 7) is 5.72. The van der Waals surface area contributed by atoms with Crippen LogP contribution in [0, 0.1) is 27.7 Å². The van der Waals surface area contributed by atoms with Gasteiger partial charge in [0.2, 0.25) is 0 Å². The second-order valence-electron chi connectivity index (χ2n) is 4.88. The maximum absolute atomic E-state index is 13.2. The van der Waals surface area contributed by atoms with Crippen molar-refractivity contribution >= 4 is 11.6 Å². The van der Waals surface area contributed by atoms with Crippen LogP contribution in [0.25, 0.3) is 0 Å². The number of halogens is 2. The highest BCUT2D eigenvalue weighted by Gasteiger charge is 2.26. The summed E-state index contributed by atoms with van der Waals surface area (Å²) < 4.78 is 26.3. The number of benzene rings is 1. The van der Waals surface area contributed by atoms with Gasteiger partial charge in [0.25, 0.3) is 11.6 Å². The number of rotatable bonds is 6. The number of nitro benzene ring substituents is 1. The Bertz CT molecular complexity index is 545. The maximum atomic E-state index is 13.2. The molecule has 21 heavy (non-hydrogen) atoms. The predicted octanol–water partition coefficient (Wildman–Crippen LogP) is 3.43. The molecule has 0 heterocycles. The van der Waals surface area contributed by atoms with Crippen LogP contribution in [0.1, 0.15) is 44.0 Å².